The maximum Gasteiger partial charge on any atom is 0.283 e. The highest BCUT2D eigenvalue weighted by molar-refractivity contribution is 8.04. The topological polar surface area (TPSA) is 58.6 Å². The number of thioether (sulfide) groups is 1. The summed E-state index contributed by atoms with van der Waals surface area (Å²) in [6, 6.07) is 24.1. The number of methoxy groups -OCH3 is 1. The first-order valence-corrected chi connectivity index (χ1v) is 10.2. The molecule has 0 atom stereocenters. The maximum atomic E-state index is 13.3. The van der Waals surface area contributed by atoms with Crippen LogP contribution in [0.4, 0.5) is 11.4 Å². The molecule has 0 radical (unpaired) electrons. The largest absolute Gasteiger partial charge is 0.497 e. The quantitative estimate of drug-likeness (QED) is 0.574. The number of hydrogen-bond acceptors (Lipinski definition) is 5. The molecule has 5 nitrogen and oxygen atoms in total. The monoisotopic (exact) mass is 416 g/mol. The second kappa shape index (κ2) is 8.47. The molecule has 4 rings (SSSR count). The molecule has 0 aromatic heterocycles. The zero-order valence-electron chi connectivity index (χ0n) is 16.6. The number of imide groups is 1. The fourth-order valence-electron chi connectivity index (χ4n) is 3.07. The molecule has 1 aliphatic rings. The van der Waals surface area contributed by atoms with E-state index in [1.54, 1.807) is 31.4 Å². The summed E-state index contributed by atoms with van der Waals surface area (Å²) in [5.41, 5.74) is 2.64. The van der Waals surface area contributed by atoms with Gasteiger partial charge in [0.25, 0.3) is 11.8 Å². The number of aryl methyl sites for hydroxylation is 1. The third-order valence-electron chi connectivity index (χ3n) is 4.66. The molecule has 0 spiro atoms. The van der Waals surface area contributed by atoms with Gasteiger partial charge in [0, 0.05) is 10.6 Å². The number of carbonyl (C=O) groups excluding carboxylic acids is 2. The summed E-state index contributed by atoms with van der Waals surface area (Å²) in [5.74, 6) is -0.0829. The van der Waals surface area contributed by atoms with Crippen LogP contribution in [0, 0.1) is 6.92 Å². The minimum atomic E-state index is -0.386. The lowest BCUT2D eigenvalue weighted by molar-refractivity contribution is -0.120. The molecule has 0 saturated carbocycles. The molecule has 0 saturated heterocycles. The Morgan fingerprint density at radius 2 is 1.50 bits per heavy atom. The molecule has 1 N–H and O–H groups in total. The molecule has 0 fully saturated rings. The van der Waals surface area contributed by atoms with Crippen molar-refractivity contribution in [2.45, 2.75) is 11.8 Å². The Balaban J connectivity index is 1.72. The van der Waals surface area contributed by atoms with E-state index in [1.807, 2.05) is 61.5 Å². The molecular formula is C24H20N2O3S. The molecule has 3 aromatic rings. The molecule has 150 valence electrons. The van der Waals surface area contributed by atoms with E-state index in [2.05, 4.69) is 5.32 Å². The van der Waals surface area contributed by atoms with Crippen LogP contribution in [-0.4, -0.2) is 18.9 Å². The lowest BCUT2D eigenvalue weighted by atomic mass is 10.2. The molecule has 1 aliphatic heterocycles. The highest BCUT2D eigenvalue weighted by atomic mass is 32.2. The van der Waals surface area contributed by atoms with Crippen LogP contribution in [0.25, 0.3) is 0 Å². The summed E-state index contributed by atoms with van der Waals surface area (Å²) in [6.07, 6.45) is 0. The second-order valence-corrected chi connectivity index (χ2v) is 7.84. The van der Waals surface area contributed by atoms with E-state index >= 15 is 0 Å². The van der Waals surface area contributed by atoms with Crippen molar-refractivity contribution in [2.75, 3.05) is 17.3 Å². The van der Waals surface area contributed by atoms with Gasteiger partial charge in [0.2, 0.25) is 0 Å². The number of amides is 2. The van der Waals surface area contributed by atoms with Crippen molar-refractivity contribution in [3.05, 3.63) is 95.0 Å². The first-order valence-electron chi connectivity index (χ1n) is 9.40. The van der Waals surface area contributed by atoms with Gasteiger partial charge < -0.3 is 10.1 Å². The van der Waals surface area contributed by atoms with Crippen LogP contribution in [0.5, 0.6) is 5.75 Å². The summed E-state index contributed by atoms with van der Waals surface area (Å²) in [5, 5.41) is 3.15. The summed E-state index contributed by atoms with van der Waals surface area (Å²) in [7, 11) is 1.57. The van der Waals surface area contributed by atoms with Crippen molar-refractivity contribution in [3.8, 4) is 5.75 Å². The average molecular weight is 417 g/mol. The maximum absolute atomic E-state index is 13.3. The molecule has 0 unspecified atom stereocenters. The van der Waals surface area contributed by atoms with Crippen molar-refractivity contribution in [2.24, 2.45) is 0 Å². The van der Waals surface area contributed by atoms with E-state index < -0.39 is 0 Å². The van der Waals surface area contributed by atoms with Gasteiger partial charge in [-0.15, -0.1) is 0 Å². The first-order chi connectivity index (χ1) is 14.6. The highest BCUT2D eigenvalue weighted by Gasteiger charge is 2.40. The zero-order chi connectivity index (χ0) is 21.1. The lowest BCUT2D eigenvalue weighted by Gasteiger charge is -2.15. The zero-order valence-corrected chi connectivity index (χ0v) is 17.4. The summed E-state index contributed by atoms with van der Waals surface area (Å²) in [4.78, 5) is 29.0. The Hall–Kier alpha value is -3.51. The molecule has 6 heteroatoms. The van der Waals surface area contributed by atoms with Crippen LogP contribution in [0.15, 0.2) is 94.4 Å². The van der Waals surface area contributed by atoms with Crippen molar-refractivity contribution in [1.82, 2.24) is 0 Å². The van der Waals surface area contributed by atoms with Crippen LogP contribution >= 0.6 is 11.8 Å². The van der Waals surface area contributed by atoms with Crippen molar-refractivity contribution >= 4 is 35.0 Å². The third kappa shape index (κ3) is 3.95. The van der Waals surface area contributed by atoms with Crippen molar-refractivity contribution in [1.29, 1.82) is 0 Å². The second-order valence-electron chi connectivity index (χ2n) is 6.75. The summed E-state index contributed by atoms with van der Waals surface area (Å²) < 4.78 is 5.18. The Labute approximate surface area is 179 Å². The van der Waals surface area contributed by atoms with E-state index in [0.29, 0.717) is 16.3 Å². The van der Waals surface area contributed by atoms with E-state index in [0.717, 1.165) is 16.1 Å². The minimum absolute atomic E-state index is 0.271. The van der Waals surface area contributed by atoms with E-state index in [9.17, 15) is 9.59 Å². The number of rotatable bonds is 6. The van der Waals surface area contributed by atoms with Gasteiger partial charge in [-0.2, -0.15) is 0 Å². The molecule has 1 heterocycles. The van der Waals surface area contributed by atoms with Gasteiger partial charge in [-0.1, -0.05) is 47.7 Å². The number of anilines is 2. The van der Waals surface area contributed by atoms with E-state index in [1.165, 1.54) is 16.7 Å². The smallest absolute Gasteiger partial charge is 0.283 e. The highest BCUT2D eigenvalue weighted by Crippen LogP contribution is 2.38. The van der Waals surface area contributed by atoms with Crippen LogP contribution in [0.3, 0.4) is 0 Å². The van der Waals surface area contributed by atoms with Gasteiger partial charge in [0.1, 0.15) is 16.4 Å². The number of para-hydroxylation sites is 1. The predicted molar refractivity (Wildman–Crippen MR) is 120 cm³/mol. The van der Waals surface area contributed by atoms with Gasteiger partial charge in [-0.3, -0.25) is 9.59 Å². The van der Waals surface area contributed by atoms with Crippen molar-refractivity contribution < 1.29 is 14.3 Å². The molecular weight excluding hydrogens is 396 g/mol. The number of hydrogen-bond donors (Lipinski definition) is 1. The number of benzene rings is 3. The predicted octanol–water partition coefficient (Wildman–Crippen LogP) is 4.99. The Morgan fingerprint density at radius 1 is 0.833 bits per heavy atom. The fourth-order valence-corrected chi connectivity index (χ4v) is 4.00. The van der Waals surface area contributed by atoms with Gasteiger partial charge >= 0.3 is 0 Å². The van der Waals surface area contributed by atoms with Crippen LogP contribution in [0.1, 0.15) is 5.56 Å². The fraction of sp³-hybridized carbons (Fsp3) is 0.0833. The lowest BCUT2D eigenvalue weighted by Crippen LogP contribution is -2.32. The normalized spacial score (nSPS) is 13.7. The summed E-state index contributed by atoms with van der Waals surface area (Å²) >= 11 is 1.29. The number of carbonyl (C=O) groups is 2. The Bertz CT molecular complexity index is 1110. The van der Waals surface area contributed by atoms with E-state index in [-0.39, 0.29) is 17.5 Å². The molecule has 2 amide bonds. The molecule has 0 bridgehead atoms. The molecule has 30 heavy (non-hydrogen) atoms. The first kappa shape index (κ1) is 19.8. The van der Waals surface area contributed by atoms with Crippen LogP contribution in [0.2, 0.25) is 0 Å². The van der Waals surface area contributed by atoms with Gasteiger partial charge in [-0.05, 0) is 55.5 Å². The van der Waals surface area contributed by atoms with Crippen molar-refractivity contribution in [3.63, 3.8) is 0 Å². The SMILES string of the molecule is COc1ccc(N2C(=O)C(Nc3ccccc3)=C(Sc3ccc(C)cc3)C2=O)cc1. The van der Waals surface area contributed by atoms with Gasteiger partial charge in [-0.25, -0.2) is 4.90 Å². The van der Waals surface area contributed by atoms with Crippen LogP contribution < -0.4 is 15.0 Å². The van der Waals surface area contributed by atoms with Crippen LogP contribution in [-0.2, 0) is 9.59 Å². The standard InChI is InChI=1S/C24H20N2O3S/c1-16-8-14-20(15-9-16)30-22-21(25-17-6-4-3-5-7-17)23(27)26(24(22)28)18-10-12-19(29-2)13-11-18/h3-15,25H,1-2H3. The summed E-state index contributed by atoms with van der Waals surface area (Å²) in [6.45, 7) is 2.01. The number of nitrogens with one attached hydrogen (secondary N) is 1. The van der Waals surface area contributed by atoms with Gasteiger partial charge in [0.05, 0.1) is 12.8 Å². The Morgan fingerprint density at radius 3 is 2.13 bits per heavy atom. The minimum Gasteiger partial charge on any atom is -0.497 e. The number of ether oxygens (including phenoxy) is 1. The Kier molecular flexibility index (Phi) is 5.59. The third-order valence-corrected chi connectivity index (χ3v) is 5.75. The van der Waals surface area contributed by atoms with E-state index in [4.69, 9.17) is 4.74 Å². The molecule has 0 aliphatic carbocycles. The van der Waals surface area contributed by atoms with Gasteiger partial charge in [0.15, 0.2) is 0 Å². The molecule has 3 aromatic carbocycles. The average Bonchev–Trinajstić information content (AvgIpc) is 3.00. The number of nitrogens with zero attached hydrogens (tertiary/aromatic N) is 1.